The van der Waals surface area contributed by atoms with E-state index in [-0.39, 0.29) is 0 Å². The molecule has 56 heavy (non-hydrogen) atoms. The van der Waals surface area contributed by atoms with Crippen molar-refractivity contribution in [3.05, 3.63) is 223 Å². The van der Waals surface area contributed by atoms with E-state index in [1.165, 1.54) is 33.4 Å². The molecular formula is C50H49N3S3. The van der Waals surface area contributed by atoms with E-state index < -0.39 is 0 Å². The normalized spacial score (nSPS) is 12.9. The highest BCUT2D eigenvalue weighted by molar-refractivity contribution is 8.59. The maximum Gasteiger partial charge on any atom is 0.0730 e. The molecular weight excluding hydrogens is 739 g/mol. The number of rotatable bonds is 8. The lowest BCUT2D eigenvalue weighted by molar-refractivity contribution is 1.09. The summed E-state index contributed by atoms with van der Waals surface area (Å²) in [6.07, 6.45) is 13.6. The number of hydrazone groups is 1. The molecule has 0 atom stereocenters. The summed E-state index contributed by atoms with van der Waals surface area (Å²) in [6, 6.07) is 54.0. The van der Waals surface area contributed by atoms with Crippen molar-refractivity contribution in [2.75, 3.05) is 16.6 Å². The Bertz CT molecular complexity index is 2280. The van der Waals surface area contributed by atoms with E-state index in [4.69, 9.17) is 0 Å². The lowest BCUT2D eigenvalue weighted by atomic mass is 9.92. The van der Waals surface area contributed by atoms with Gasteiger partial charge in [0.2, 0.25) is 0 Å². The van der Waals surface area contributed by atoms with Crippen LogP contribution in [0.1, 0.15) is 34.7 Å². The van der Waals surface area contributed by atoms with E-state index in [0.717, 1.165) is 39.3 Å². The highest BCUT2D eigenvalue weighted by atomic mass is 33.1. The van der Waals surface area contributed by atoms with Crippen molar-refractivity contribution in [1.29, 1.82) is 0 Å². The number of thiol groups is 3. The van der Waals surface area contributed by atoms with Gasteiger partial charge in [-0.05, 0) is 101 Å². The van der Waals surface area contributed by atoms with Gasteiger partial charge in [-0.2, -0.15) is 17.7 Å². The third-order valence-corrected chi connectivity index (χ3v) is 8.82. The fourth-order valence-corrected chi connectivity index (χ4v) is 6.12. The molecule has 0 amide bonds. The summed E-state index contributed by atoms with van der Waals surface area (Å²) in [6.45, 7) is 12.6. The van der Waals surface area contributed by atoms with Crippen molar-refractivity contribution in [2.45, 2.75) is 13.8 Å². The quantitative estimate of drug-likeness (QED) is 0.0535. The number of nitrogens with one attached hydrogen (secondary N) is 1. The molecule has 0 saturated heterocycles. The van der Waals surface area contributed by atoms with Crippen LogP contribution in [-0.4, -0.2) is 12.5 Å². The van der Waals surface area contributed by atoms with E-state index in [9.17, 15) is 0 Å². The van der Waals surface area contributed by atoms with Crippen LogP contribution in [0.25, 0.3) is 33.9 Å². The van der Waals surface area contributed by atoms with Crippen molar-refractivity contribution in [1.82, 2.24) is 0 Å². The summed E-state index contributed by atoms with van der Waals surface area (Å²) >= 11 is 9.97. The number of nitrogens with zero attached hydrogens (tertiary/aromatic N) is 2. The maximum atomic E-state index is 4.51. The first-order valence-electron chi connectivity index (χ1n) is 18.1. The van der Waals surface area contributed by atoms with Crippen molar-refractivity contribution in [2.24, 2.45) is 5.10 Å². The average Bonchev–Trinajstić information content (AvgIpc) is 3.26. The van der Waals surface area contributed by atoms with Crippen LogP contribution >= 0.6 is 36.0 Å². The molecule has 1 aliphatic heterocycles. The zero-order valence-corrected chi connectivity index (χ0v) is 34.8. The molecule has 0 bridgehead atoms. The van der Waals surface area contributed by atoms with Gasteiger partial charge in [0.1, 0.15) is 0 Å². The average molecular weight is 788 g/mol. The van der Waals surface area contributed by atoms with E-state index in [1.807, 2.05) is 90.1 Å². The number of aryl methyl sites for hydroxylation is 1. The molecule has 0 aliphatic carbocycles. The van der Waals surface area contributed by atoms with Gasteiger partial charge >= 0.3 is 0 Å². The van der Waals surface area contributed by atoms with Crippen molar-refractivity contribution in [3.63, 3.8) is 0 Å². The molecule has 1 heterocycles. The van der Waals surface area contributed by atoms with Crippen LogP contribution in [0, 0.1) is 6.92 Å². The Balaban J connectivity index is 0.000000256. The van der Waals surface area contributed by atoms with Gasteiger partial charge in [-0.1, -0.05) is 159 Å². The van der Waals surface area contributed by atoms with Crippen LogP contribution < -0.4 is 10.3 Å². The number of hydrogen-bond donors (Lipinski definition) is 4. The van der Waals surface area contributed by atoms with Crippen molar-refractivity contribution in [3.8, 4) is 11.1 Å². The second-order valence-corrected chi connectivity index (χ2v) is 12.5. The lowest BCUT2D eigenvalue weighted by Crippen LogP contribution is -2.11. The molecule has 6 aromatic rings. The Morgan fingerprint density at radius 3 is 1.93 bits per heavy atom. The van der Waals surface area contributed by atoms with Crippen LogP contribution in [-0.2, 0) is 0 Å². The highest BCUT2D eigenvalue weighted by Crippen LogP contribution is 2.36. The smallest absolute Gasteiger partial charge is 0.0730 e. The molecule has 282 valence electrons. The highest BCUT2D eigenvalue weighted by Gasteiger charge is 2.14. The molecule has 3 nitrogen and oxygen atoms in total. The van der Waals surface area contributed by atoms with E-state index in [1.54, 1.807) is 12.5 Å². The second kappa shape index (κ2) is 23.3. The second-order valence-electron chi connectivity index (χ2n) is 12.5. The maximum absolute atomic E-state index is 4.51. The summed E-state index contributed by atoms with van der Waals surface area (Å²) < 4.78 is 0. The standard InChI is InChI=1S/C32H29N.C17H14N2.CH4S.H2S2/c1-24(27-14-6-4-7-15-27)21-22-33-31-20-12-13-25(2)32(31)30-19-11-10-18-29(30)23-26(3)28-16-8-5-9-17-28;1-14-8-7-13-18-19(15-9-3-2-4-10-15)17-12-6-5-11-16(14)17;2*1-2/h4-23,33H,1H2,2-3H3;2-13H,1H2;2H,1H3;1-2H/b22-21+,26-23+;8-7-,18-13-;;. The number of anilines is 3. The Labute approximate surface area is 349 Å². The van der Waals surface area contributed by atoms with Crippen LogP contribution in [0.3, 0.4) is 0 Å². The van der Waals surface area contributed by atoms with Gasteiger partial charge in [0.25, 0.3) is 0 Å². The third kappa shape index (κ3) is 11.9. The monoisotopic (exact) mass is 787 g/mol. The summed E-state index contributed by atoms with van der Waals surface area (Å²) in [5, 5.41) is 9.95. The Morgan fingerprint density at radius 1 is 0.679 bits per heavy atom. The zero-order chi connectivity index (χ0) is 40.1. The first kappa shape index (κ1) is 43.1. The van der Waals surface area contributed by atoms with Crippen LogP contribution in [0.2, 0.25) is 0 Å². The first-order valence-corrected chi connectivity index (χ1v) is 20.6. The van der Waals surface area contributed by atoms with Crippen molar-refractivity contribution >= 4 is 82.0 Å². The number of allylic oxidation sites excluding steroid dienone is 6. The topological polar surface area (TPSA) is 27.6 Å². The minimum Gasteiger partial charge on any atom is -0.361 e. The minimum atomic E-state index is 0.971. The van der Waals surface area contributed by atoms with Crippen LogP contribution in [0.15, 0.2) is 200 Å². The van der Waals surface area contributed by atoms with Gasteiger partial charge in [-0.25, -0.2) is 5.01 Å². The summed E-state index contributed by atoms with van der Waals surface area (Å²) in [4.78, 5) is 0. The first-order chi connectivity index (χ1) is 27.5. The molecule has 0 aromatic heterocycles. The molecule has 6 heteroatoms. The molecule has 6 aromatic carbocycles. The SMILES string of the molecule is C=C(/C=C/Nc1cccc(C)c1-c1ccccc1/C=C(\C)c1ccccc1)c1ccccc1.C=C1/C=C\C=N/N(c2ccccc2)c2ccccc21.CS.SS. The van der Waals surface area contributed by atoms with E-state index in [2.05, 4.69) is 177 Å². The molecule has 1 aliphatic rings. The predicted molar refractivity (Wildman–Crippen MR) is 259 cm³/mol. The number of hydrogen-bond acceptors (Lipinski definition) is 6. The minimum absolute atomic E-state index is 0.971. The molecule has 0 radical (unpaired) electrons. The van der Waals surface area contributed by atoms with Crippen molar-refractivity contribution < 1.29 is 0 Å². The van der Waals surface area contributed by atoms with Crippen LogP contribution in [0.4, 0.5) is 17.1 Å². The fraction of sp³-hybridized carbons (Fsp3) is 0.0600. The number of benzene rings is 6. The predicted octanol–water partition coefficient (Wildman–Crippen LogP) is 14.6. The fourth-order valence-electron chi connectivity index (χ4n) is 6.12. The Hall–Kier alpha value is -5.66. The Kier molecular flexibility index (Phi) is 17.9. The third-order valence-electron chi connectivity index (χ3n) is 8.82. The number of fused-ring (bicyclic) bond motifs is 1. The Morgan fingerprint density at radius 2 is 1.25 bits per heavy atom. The van der Waals surface area contributed by atoms with Gasteiger partial charge in [0, 0.05) is 29.2 Å². The van der Waals surface area contributed by atoms with Gasteiger partial charge in [0.05, 0.1) is 11.4 Å². The molecule has 0 unspecified atom stereocenters. The van der Waals surface area contributed by atoms with Gasteiger partial charge in [0.15, 0.2) is 0 Å². The molecule has 0 spiro atoms. The van der Waals surface area contributed by atoms with E-state index >= 15 is 0 Å². The number of para-hydroxylation sites is 2. The van der Waals surface area contributed by atoms with Gasteiger partial charge < -0.3 is 5.32 Å². The van der Waals surface area contributed by atoms with Gasteiger partial charge in [-0.3, -0.25) is 0 Å². The zero-order valence-electron chi connectivity index (χ0n) is 32.1. The molecule has 0 saturated carbocycles. The molecule has 1 N–H and O–H groups in total. The largest absolute Gasteiger partial charge is 0.361 e. The molecule has 0 fully saturated rings. The molecule has 7 rings (SSSR count). The lowest BCUT2D eigenvalue weighted by Gasteiger charge is -2.23. The van der Waals surface area contributed by atoms with E-state index in [0.29, 0.717) is 0 Å². The summed E-state index contributed by atoms with van der Waals surface area (Å²) in [7, 11) is 0. The summed E-state index contributed by atoms with van der Waals surface area (Å²) in [5.74, 6) is 0. The summed E-state index contributed by atoms with van der Waals surface area (Å²) in [5.41, 5.74) is 14.7. The van der Waals surface area contributed by atoms with Crippen LogP contribution in [0.5, 0.6) is 0 Å². The van der Waals surface area contributed by atoms with Gasteiger partial charge in [-0.15, -0.1) is 23.3 Å².